The van der Waals surface area contributed by atoms with E-state index in [2.05, 4.69) is 10.3 Å². The lowest BCUT2D eigenvalue weighted by Crippen LogP contribution is -2.37. The molecule has 3 aromatic rings. The summed E-state index contributed by atoms with van der Waals surface area (Å²) in [5, 5.41) is 4.91. The van der Waals surface area contributed by atoms with Gasteiger partial charge in [-0.25, -0.2) is 9.18 Å². The Morgan fingerprint density at radius 3 is 2.63 bits per heavy atom. The molecule has 1 aromatic heterocycles. The number of rotatable bonds is 4. The van der Waals surface area contributed by atoms with Crippen molar-refractivity contribution < 1.29 is 9.18 Å². The van der Waals surface area contributed by atoms with Crippen LogP contribution in [0, 0.1) is 12.7 Å². The molecule has 3 rings (SSSR count). The summed E-state index contributed by atoms with van der Waals surface area (Å²) in [6.07, 6.45) is 1.83. The maximum Gasteiger partial charge on any atom is 0.322 e. The van der Waals surface area contributed by atoms with Crippen LogP contribution in [0.25, 0.3) is 10.8 Å². The summed E-state index contributed by atoms with van der Waals surface area (Å²) >= 11 is 5.80. The molecule has 4 nitrogen and oxygen atoms in total. The van der Waals surface area contributed by atoms with Gasteiger partial charge in [0, 0.05) is 35.1 Å². The largest absolute Gasteiger partial charge is 0.322 e. The third kappa shape index (κ3) is 3.88. The van der Waals surface area contributed by atoms with Crippen molar-refractivity contribution in [2.75, 3.05) is 11.9 Å². The number of carbonyl (C=O) groups is 1. The zero-order chi connectivity index (χ0) is 19.6. The summed E-state index contributed by atoms with van der Waals surface area (Å²) in [7, 11) is 0. The van der Waals surface area contributed by atoms with Gasteiger partial charge in [-0.3, -0.25) is 4.98 Å². The first-order chi connectivity index (χ1) is 12.9. The minimum atomic E-state index is -0.521. The Balaban J connectivity index is 1.90. The molecule has 1 atom stereocenters. The normalized spacial score (nSPS) is 12.0. The highest BCUT2D eigenvalue weighted by atomic mass is 35.5. The third-order valence-corrected chi connectivity index (χ3v) is 5.00. The highest BCUT2D eigenvalue weighted by molar-refractivity contribution is 6.31. The van der Waals surface area contributed by atoms with E-state index < -0.39 is 5.82 Å². The van der Waals surface area contributed by atoms with E-state index in [0.717, 1.165) is 22.0 Å². The van der Waals surface area contributed by atoms with E-state index in [0.29, 0.717) is 12.2 Å². The second-order valence-electron chi connectivity index (χ2n) is 6.37. The molecular formula is C21H21ClFN3O. The SMILES string of the molecule is CCN(C(=O)Nc1ccc(F)c(Cl)c1)C(C)c1cnc(C)c2ccccc12. The minimum Gasteiger partial charge on any atom is -0.318 e. The van der Waals surface area contributed by atoms with Gasteiger partial charge < -0.3 is 10.2 Å². The smallest absolute Gasteiger partial charge is 0.318 e. The second-order valence-corrected chi connectivity index (χ2v) is 6.77. The minimum absolute atomic E-state index is 0.0300. The Morgan fingerprint density at radius 1 is 1.26 bits per heavy atom. The molecule has 0 aliphatic rings. The van der Waals surface area contributed by atoms with Crippen LogP contribution in [-0.2, 0) is 0 Å². The summed E-state index contributed by atoms with van der Waals surface area (Å²) in [5.74, 6) is -0.521. The number of hydrogen-bond acceptors (Lipinski definition) is 2. The van der Waals surface area contributed by atoms with E-state index in [1.54, 1.807) is 4.90 Å². The van der Waals surface area contributed by atoms with E-state index in [4.69, 9.17) is 11.6 Å². The number of hydrogen-bond donors (Lipinski definition) is 1. The third-order valence-electron chi connectivity index (χ3n) is 4.72. The van der Waals surface area contributed by atoms with E-state index in [1.165, 1.54) is 18.2 Å². The number of halogens is 2. The molecule has 0 aliphatic carbocycles. The van der Waals surface area contributed by atoms with Gasteiger partial charge in [-0.15, -0.1) is 0 Å². The van der Waals surface area contributed by atoms with Crippen LogP contribution in [-0.4, -0.2) is 22.5 Å². The topological polar surface area (TPSA) is 45.2 Å². The molecule has 0 radical (unpaired) electrons. The summed E-state index contributed by atoms with van der Waals surface area (Å²) in [4.78, 5) is 19.0. The highest BCUT2D eigenvalue weighted by Crippen LogP contribution is 2.29. The summed E-state index contributed by atoms with van der Waals surface area (Å²) < 4.78 is 13.3. The van der Waals surface area contributed by atoms with Crippen molar-refractivity contribution >= 4 is 34.1 Å². The fraction of sp³-hybridized carbons (Fsp3) is 0.238. The Labute approximate surface area is 163 Å². The van der Waals surface area contributed by atoms with Crippen LogP contribution < -0.4 is 5.32 Å². The molecule has 1 heterocycles. The van der Waals surface area contributed by atoms with Crippen LogP contribution in [0.5, 0.6) is 0 Å². The first-order valence-electron chi connectivity index (χ1n) is 8.79. The lowest BCUT2D eigenvalue weighted by atomic mass is 10.00. The predicted octanol–water partition coefficient (Wildman–Crippen LogP) is 5.95. The van der Waals surface area contributed by atoms with Crippen molar-refractivity contribution in [2.45, 2.75) is 26.8 Å². The number of aromatic nitrogens is 1. The number of nitrogens with one attached hydrogen (secondary N) is 1. The zero-order valence-corrected chi connectivity index (χ0v) is 16.2. The lowest BCUT2D eigenvalue weighted by molar-refractivity contribution is 0.197. The number of aryl methyl sites for hydroxylation is 1. The number of pyridine rings is 1. The average Bonchev–Trinajstić information content (AvgIpc) is 2.66. The lowest BCUT2D eigenvalue weighted by Gasteiger charge is -2.29. The molecular weight excluding hydrogens is 365 g/mol. The van der Waals surface area contributed by atoms with Crippen molar-refractivity contribution in [3.05, 3.63) is 70.8 Å². The molecule has 1 unspecified atom stereocenters. The van der Waals surface area contributed by atoms with Gasteiger partial charge in [0.25, 0.3) is 0 Å². The number of carbonyl (C=O) groups excluding carboxylic acids is 1. The molecule has 27 heavy (non-hydrogen) atoms. The zero-order valence-electron chi connectivity index (χ0n) is 15.5. The van der Waals surface area contributed by atoms with Crippen molar-refractivity contribution in [1.29, 1.82) is 0 Å². The standard InChI is InChI=1S/C21H21ClFN3O/c1-4-26(21(27)25-15-9-10-20(23)19(22)11-15)14(3)18-12-24-13(2)16-7-5-6-8-17(16)18/h5-12,14H,4H2,1-3H3,(H,25,27). The molecule has 140 valence electrons. The number of anilines is 1. The monoisotopic (exact) mass is 385 g/mol. The van der Waals surface area contributed by atoms with E-state index >= 15 is 0 Å². The number of amides is 2. The highest BCUT2D eigenvalue weighted by Gasteiger charge is 2.22. The molecule has 2 amide bonds. The van der Waals surface area contributed by atoms with Gasteiger partial charge in [-0.2, -0.15) is 0 Å². The van der Waals surface area contributed by atoms with Crippen molar-refractivity contribution in [2.24, 2.45) is 0 Å². The predicted molar refractivity (Wildman–Crippen MR) is 108 cm³/mol. The van der Waals surface area contributed by atoms with Gasteiger partial charge in [0.1, 0.15) is 5.82 Å². The molecule has 2 aromatic carbocycles. The summed E-state index contributed by atoms with van der Waals surface area (Å²) in [6, 6.07) is 11.7. The maximum absolute atomic E-state index is 13.3. The first-order valence-corrected chi connectivity index (χ1v) is 9.17. The number of urea groups is 1. The molecule has 0 fully saturated rings. The molecule has 0 aliphatic heterocycles. The number of nitrogens with zero attached hydrogens (tertiary/aromatic N) is 2. The molecule has 0 saturated heterocycles. The molecule has 6 heteroatoms. The van der Waals surface area contributed by atoms with Gasteiger partial charge in [0.2, 0.25) is 0 Å². The maximum atomic E-state index is 13.3. The Bertz CT molecular complexity index is 992. The van der Waals surface area contributed by atoms with E-state index in [9.17, 15) is 9.18 Å². The fourth-order valence-electron chi connectivity index (χ4n) is 3.22. The van der Waals surface area contributed by atoms with Crippen LogP contribution in [0.4, 0.5) is 14.9 Å². The molecule has 0 saturated carbocycles. The van der Waals surface area contributed by atoms with Crippen molar-refractivity contribution in [3.8, 4) is 0 Å². The second kappa shape index (κ2) is 7.92. The van der Waals surface area contributed by atoms with Crippen LogP contribution in [0.2, 0.25) is 5.02 Å². The van der Waals surface area contributed by atoms with Gasteiger partial charge >= 0.3 is 6.03 Å². The fourth-order valence-corrected chi connectivity index (χ4v) is 3.40. The Morgan fingerprint density at radius 2 is 1.96 bits per heavy atom. The van der Waals surface area contributed by atoms with Crippen molar-refractivity contribution in [1.82, 2.24) is 9.88 Å². The van der Waals surface area contributed by atoms with Crippen LogP contribution in [0.1, 0.15) is 31.1 Å². The van der Waals surface area contributed by atoms with Crippen LogP contribution in [0.15, 0.2) is 48.7 Å². The van der Waals surface area contributed by atoms with E-state index in [1.807, 2.05) is 51.2 Å². The molecule has 1 N–H and O–H groups in total. The summed E-state index contributed by atoms with van der Waals surface area (Å²) in [6.45, 7) is 6.36. The molecule has 0 bridgehead atoms. The molecule has 0 spiro atoms. The Kier molecular flexibility index (Phi) is 5.61. The van der Waals surface area contributed by atoms with Crippen LogP contribution in [0.3, 0.4) is 0 Å². The first kappa shape index (κ1) is 19.1. The van der Waals surface area contributed by atoms with E-state index in [-0.39, 0.29) is 17.1 Å². The van der Waals surface area contributed by atoms with Gasteiger partial charge in [0.05, 0.1) is 11.1 Å². The average molecular weight is 386 g/mol. The Hall–Kier alpha value is -2.66. The van der Waals surface area contributed by atoms with Crippen LogP contribution >= 0.6 is 11.6 Å². The van der Waals surface area contributed by atoms with Gasteiger partial charge in [-0.1, -0.05) is 35.9 Å². The van der Waals surface area contributed by atoms with Gasteiger partial charge in [-0.05, 0) is 44.4 Å². The number of benzene rings is 2. The van der Waals surface area contributed by atoms with Gasteiger partial charge in [0.15, 0.2) is 0 Å². The van der Waals surface area contributed by atoms with Crippen molar-refractivity contribution in [3.63, 3.8) is 0 Å². The quantitative estimate of drug-likeness (QED) is 0.603. The summed E-state index contributed by atoms with van der Waals surface area (Å²) in [5.41, 5.74) is 2.38. The number of fused-ring (bicyclic) bond motifs is 1.